The predicted molar refractivity (Wildman–Crippen MR) is 85.9 cm³/mol. The molecule has 0 unspecified atom stereocenters. The van der Waals surface area contributed by atoms with Crippen LogP contribution in [0, 0.1) is 0 Å². The van der Waals surface area contributed by atoms with Crippen molar-refractivity contribution in [1.29, 1.82) is 0 Å². The van der Waals surface area contributed by atoms with Crippen LogP contribution < -0.4 is 5.32 Å². The summed E-state index contributed by atoms with van der Waals surface area (Å²) in [5.41, 5.74) is -0.391. The van der Waals surface area contributed by atoms with Crippen LogP contribution in [-0.2, 0) is 16.9 Å². The lowest BCUT2D eigenvalue weighted by Gasteiger charge is -2.22. The minimum atomic E-state index is -1.07. The number of nitrogens with one attached hydrogen (secondary N) is 1. The number of halogens is 1. The fourth-order valence-corrected chi connectivity index (χ4v) is 2.92. The average molecular weight is 333 g/mol. The average Bonchev–Trinajstić information content (AvgIpc) is 3.10. The Labute approximate surface area is 139 Å². The highest BCUT2D eigenvalue weighted by molar-refractivity contribution is 6.30. The van der Waals surface area contributed by atoms with Crippen LogP contribution in [0.5, 0.6) is 0 Å². The number of imidazole rings is 1. The summed E-state index contributed by atoms with van der Waals surface area (Å²) in [5, 5.41) is 3.31. The number of aromatic nitrogens is 2. The summed E-state index contributed by atoms with van der Waals surface area (Å²) in [7, 11) is 0. The molecule has 1 aliphatic heterocycles. The van der Waals surface area contributed by atoms with Gasteiger partial charge in [-0.25, -0.2) is 9.78 Å². The van der Waals surface area contributed by atoms with Crippen molar-refractivity contribution in [1.82, 2.24) is 19.8 Å². The number of nitrogens with zero attached hydrogens (tertiary/aromatic N) is 3. The summed E-state index contributed by atoms with van der Waals surface area (Å²) < 4.78 is 1.91. The number of carbonyl (C=O) groups is 2. The summed E-state index contributed by atoms with van der Waals surface area (Å²) >= 11 is 6.00. The van der Waals surface area contributed by atoms with Crippen LogP contribution in [0.2, 0.25) is 5.02 Å². The Hall–Kier alpha value is -2.34. The molecule has 1 saturated heterocycles. The van der Waals surface area contributed by atoms with Gasteiger partial charge in [0, 0.05) is 30.5 Å². The minimum Gasteiger partial charge on any atom is -0.337 e. The molecule has 2 heterocycles. The topological polar surface area (TPSA) is 67.2 Å². The first-order valence-electron chi connectivity index (χ1n) is 7.36. The molecular weight excluding hydrogens is 316 g/mol. The van der Waals surface area contributed by atoms with Crippen molar-refractivity contribution in [3.8, 4) is 0 Å². The van der Waals surface area contributed by atoms with E-state index in [-0.39, 0.29) is 11.9 Å². The number of rotatable bonds is 5. The van der Waals surface area contributed by atoms with Crippen LogP contribution in [0.15, 0.2) is 43.0 Å². The molecule has 3 amide bonds. The Morgan fingerprint density at radius 2 is 2.13 bits per heavy atom. The number of benzene rings is 1. The number of urea groups is 1. The number of hydrogen-bond donors (Lipinski definition) is 1. The number of hydrogen-bond acceptors (Lipinski definition) is 3. The fraction of sp³-hybridized carbons (Fsp3) is 0.312. The molecule has 6 nitrogen and oxygen atoms in total. The van der Waals surface area contributed by atoms with Crippen LogP contribution in [0.4, 0.5) is 4.79 Å². The highest BCUT2D eigenvalue weighted by atomic mass is 35.5. The molecule has 1 atom stereocenters. The van der Waals surface area contributed by atoms with E-state index in [2.05, 4.69) is 10.3 Å². The van der Waals surface area contributed by atoms with Gasteiger partial charge in [0.15, 0.2) is 0 Å². The third kappa shape index (κ3) is 2.94. The first-order chi connectivity index (χ1) is 11.0. The molecule has 1 aliphatic rings. The predicted octanol–water partition coefficient (Wildman–Crippen LogP) is 2.39. The SMILES string of the molecule is C[C@@]1(c2cccc(Cl)c2)NC(=O)N(CCCn2ccnc2)C1=O. The summed E-state index contributed by atoms with van der Waals surface area (Å²) in [4.78, 5) is 30.1. The van der Waals surface area contributed by atoms with Crippen LogP contribution >= 0.6 is 11.6 Å². The van der Waals surface area contributed by atoms with Gasteiger partial charge in [0.25, 0.3) is 5.91 Å². The van der Waals surface area contributed by atoms with Gasteiger partial charge in [0.2, 0.25) is 0 Å². The lowest BCUT2D eigenvalue weighted by atomic mass is 9.92. The van der Waals surface area contributed by atoms with Crippen molar-refractivity contribution in [2.24, 2.45) is 0 Å². The molecule has 3 rings (SSSR count). The zero-order valence-electron chi connectivity index (χ0n) is 12.7. The molecule has 0 aliphatic carbocycles. The molecular formula is C16H17ClN4O2. The van der Waals surface area contributed by atoms with E-state index in [9.17, 15) is 9.59 Å². The Balaban J connectivity index is 1.71. The van der Waals surface area contributed by atoms with E-state index >= 15 is 0 Å². The van der Waals surface area contributed by atoms with Crippen molar-refractivity contribution >= 4 is 23.5 Å². The number of carbonyl (C=O) groups excluding carboxylic acids is 2. The van der Waals surface area contributed by atoms with E-state index in [1.165, 1.54) is 4.90 Å². The van der Waals surface area contributed by atoms with E-state index in [1.807, 2.05) is 10.8 Å². The normalized spacial score (nSPS) is 20.9. The van der Waals surface area contributed by atoms with Gasteiger partial charge in [-0.3, -0.25) is 9.69 Å². The second-order valence-electron chi connectivity index (χ2n) is 5.68. The Morgan fingerprint density at radius 3 is 2.83 bits per heavy atom. The maximum Gasteiger partial charge on any atom is 0.325 e. The Bertz CT molecular complexity index is 731. The summed E-state index contributed by atoms with van der Waals surface area (Å²) in [5.74, 6) is -0.254. The van der Waals surface area contributed by atoms with Gasteiger partial charge in [-0.1, -0.05) is 23.7 Å². The van der Waals surface area contributed by atoms with Gasteiger partial charge < -0.3 is 9.88 Å². The highest BCUT2D eigenvalue weighted by Gasteiger charge is 2.48. The van der Waals surface area contributed by atoms with Gasteiger partial charge in [-0.15, -0.1) is 0 Å². The van der Waals surface area contributed by atoms with Crippen molar-refractivity contribution in [3.05, 3.63) is 53.6 Å². The van der Waals surface area contributed by atoms with Crippen molar-refractivity contribution in [3.63, 3.8) is 0 Å². The van der Waals surface area contributed by atoms with Gasteiger partial charge >= 0.3 is 6.03 Å². The summed E-state index contributed by atoms with van der Waals surface area (Å²) in [6.07, 6.45) is 5.93. The molecule has 0 bridgehead atoms. The third-order valence-electron chi connectivity index (χ3n) is 4.03. The van der Waals surface area contributed by atoms with E-state index < -0.39 is 5.54 Å². The largest absolute Gasteiger partial charge is 0.337 e. The summed E-state index contributed by atoms with van der Waals surface area (Å²) in [6.45, 7) is 2.76. The zero-order valence-corrected chi connectivity index (χ0v) is 13.5. The number of aryl methyl sites for hydroxylation is 1. The first-order valence-corrected chi connectivity index (χ1v) is 7.74. The zero-order chi connectivity index (χ0) is 16.4. The lowest BCUT2D eigenvalue weighted by Crippen LogP contribution is -2.41. The first kappa shape index (κ1) is 15.6. The molecule has 1 N–H and O–H groups in total. The molecule has 120 valence electrons. The quantitative estimate of drug-likeness (QED) is 0.855. The van der Waals surface area contributed by atoms with Crippen LogP contribution in [0.25, 0.3) is 0 Å². The smallest absolute Gasteiger partial charge is 0.325 e. The second-order valence-corrected chi connectivity index (χ2v) is 6.11. The summed E-state index contributed by atoms with van der Waals surface area (Å²) in [6, 6.07) is 6.62. The number of imide groups is 1. The monoisotopic (exact) mass is 332 g/mol. The Kier molecular flexibility index (Phi) is 4.09. The lowest BCUT2D eigenvalue weighted by molar-refractivity contribution is -0.131. The Morgan fingerprint density at radius 1 is 1.30 bits per heavy atom. The molecule has 1 aromatic carbocycles. The van der Waals surface area contributed by atoms with Crippen LogP contribution in [0.1, 0.15) is 18.9 Å². The third-order valence-corrected chi connectivity index (χ3v) is 4.27. The van der Waals surface area contributed by atoms with Crippen molar-refractivity contribution < 1.29 is 9.59 Å². The molecule has 2 aromatic rings. The van der Waals surface area contributed by atoms with Gasteiger partial charge in [0.1, 0.15) is 5.54 Å². The van der Waals surface area contributed by atoms with E-state index in [1.54, 1.807) is 43.7 Å². The van der Waals surface area contributed by atoms with Crippen molar-refractivity contribution in [2.45, 2.75) is 25.4 Å². The molecule has 7 heteroatoms. The van der Waals surface area contributed by atoms with Gasteiger partial charge in [-0.05, 0) is 31.0 Å². The molecule has 1 aromatic heterocycles. The van der Waals surface area contributed by atoms with E-state index in [4.69, 9.17) is 11.6 Å². The number of amides is 3. The minimum absolute atomic E-state index is 0.254. The molecule has 1 fully saturated rings. The molecule has 0 saturated carbocycles. The fourth-order valence-electron chi connectivity index (χ4n) is 2.73. The van der Waals surface area contributed by atoms with Gasteiger partial charge in [0.05, 0.1) is 6.33 Å². The molecule has 23 heavy (non-hydrogen) atoms. The van der Waals surface area contributed by atoms with Crippen molar-refractivity contribution in [2.75, 3.05) is 6.54 Å². The van der Waals surface area contributed by atoms with Crippen LogP contribution in [0.3, 0.4) is 0 Å². The van der Waals surface area contributed by atoms with E-state index in [0.717, 1.165) is 0 Å². The second kappa shape index (κ2) is 6.04. The maximum absolute atomic E-state index is 12.7. The molecule has 0 radical (unpaired) electrons. The highest BCUT2D eigenvalue weighted by Crippen LogP contribution is 2.30. The molecule has 0 spiro atoms. The van der Waals surface area contributed by atoms with E-state index in [0.29, 0.717) is 30.1 Å². The van der Waals surface area contributed by atoms with Gasteiger partial charge in [-0.2, -0.15) is 0 Å². The van der Waals surface area contributed by atoms with Crippen LogP contribution in [-0.4, -0.2) is 32.9 Å². The standard InChI is InChI=1S/C16H17ClN4O2/c1-16(12-4-2-5-13(17)10-12)14(22)21(15(23)19-16)8-3-7-20-9-6-18-11-20/h2,4-6,9-11H,3,7-8H2,1H3,(H,19,23)/t16-/m0/s1. The maximum atomic E-state index is 12.7.